The van der Waals surface area contributed by atoms with E-state index in [0.29, 0.717) is 16.9 Å². The van der Waals surface area contributed by atoms with E-state index in [4.69, 9.17) is 9.47 Å². The molecule has 2 aromatic carbocycles. The van der Waals surface area contributed by atoms with Crippen molar-refractivity contribution in [2.75, 3.05) is 6.61 Å². The van der Waals surface area contributed by atoms with Gasteiger partial charge in [-0.25, -0.2) is 4.79 Å². The average Bonchev–Trinajstić information content (AvgIpc) is 2.55. The number of carbonyl (C=O) groups excluding carboxylic acids is 2. The summed E-state index contributed by atoms with van der Waals surface area (Å²) in [4.78, 5) is 24.8. The summed E-state index contributed by atoms with van der Waals surface area (Å²) in [6, 6.07) is 14.3. The van der Waals surface area contributed by atoms with Gasteiger partial charge in [0.05, 0.1) is 12.2 Å². The molecule has 0 bridgehead atoms. The molecule has 0 saturated heterocycles. The molecule has 2 rings (SSSR count). The van der Waals surface area contributed by atoms with Crippen LogP contribution in [0.4, 0.5) is 0 Å². The normalized spacial score (nSPS) is 11.0. The highest BCUT2D eigenvalue weighted by Crippen LogP contribution is 2.26. The average molecular weight is 326 g/mol. The smallest absolute Gasteiger partial charge is 0.349 e. The predicted molar refractivity (Wildman–Crippen MR) is 92.4 cm³/mol. The lowest BCUT2D eigenvalue weighted by Gasteiger charge is -2.25. The van der Waals surface area contributed by atoms with E-state index in [1.807, 2.05) is 19.1 Å². The molecule has 24 heavy (non-hydrogen) atoms. The SMILES string of the molecule is CCOC(=O)C(C)(C)Oc1ccccc1C(=O)c1ccc(C)cc1. The lowest BCUT2D eigenvalue weighted by atomic mass is 10.0. The number of hydrogen-bond acceptors (Lipinski definition) is 4. The zero-order chi connectivity index (χ0) is 17.7. The van der Waals surface area contributed by atoms with Crippen LogP contribution >= 0.6 is 0 Å². The van der Waals surface area contributed by atoms with E-state index >= 15 is 0 Å². The van der Waals surface area contributed by atoms with Crippen molar-refractivity contribution in [3.63, 3.8) is 0 Å². The van der Waals surface area contributed by atoms with E-state index in [2.05, 4.69) is 0 Å². The number of para-hydroxylation sites is 1. The highest BCUT2D eigenvalue weighted by molar-refractivity contribution is 6.10. The number of carbonyl (C=O) groups is 2. The molecule has 4 nitrogen and oxygen atoms in total. The molecule has 0 amide bonds. The molecule has 2 aromatic rings. The van der Waals surface area contributed by atoms with Gasteiger partial charge >= 0.3 is 5.97 Å². The molecule has 0 aliphatic rings. The first-order chi connectivity index (χ1) is 11.3. The largest absolute Gasteiger partial charge is 0.475 e. The molecule has 0 saturated carbocycles. The van der Waals surface area contributed by atoms with Crippen molar-refractivity contribution in [3.8, 4) is 5.75 Å². The van der Waals surface area contributed by atoms with Gasteiger partial charge in [-0.15, -0.1) is 0 Å². The molecule has 0 aliphatic carbocycles. The Balaban J connectivity index is 2.32. The van der Waals surface area contributed by atoms with Gasteiger partial charge in [-0.1, -0.05) is 42.0 Å². The number of esters is 1. The zero-order valence-corrected chi connectivity index (χ0v) is 14.5. The summed E-state index contributed by atoms with van der Waals surface area (Å²) >= 11 is 0. The van der Waals surface area contributed by atoms with Crippen LogP contribution in [-0.2, 0) is 9.53 Å². The van der Waals surface area contributed by atoms with Gasteiger partial charge < -0.3 is 9.47 Å². The number of hydrogen-bond donors (Lipinski definition) is 0. The van der Waals surface area contributed by atoms with Crippen molar-refractivity contribution < 1.29 is 19.1 Å². The van der Waals surface area contributed by atoms with Crippen molar-refractivity contribution in [1.29, 1.82) is 0 Å². The number of aryl methyl sites for hydroxylation is 1. The second-order valence-electron chi connectivity index (χ2n) is 6.02. The molecule has 0 fully saturated rings. The fourth-order valence-electron chi connectivity index (χ4n) is 2.23. The molecule has 0 spiro atoms. The minimum Gasteiger partial charge on any atom is -0.475 e. The van der Waals surface area contributed by atoms with Crippen LogP contribution in [0, 0.1) is 6.92 Å². The Morgan fingerprint density at radius 1 is 1.00 bits per heavy atom. The number of rotatable bonds is 6. The molecular weight excluding hydrogens is 304 g/mol. The molecule has 0 unspecified atom stereocenters. The van der Waals surface area contributed by atoms with Crippen LogP contribution in [0.15, 0.2) is 48.5 Å². The minimum absolute atomic E-state index is 0.148. The van der Waals surface area contributed by atoms with Crippen LogP contribution in [0.3, 0.4) is 0 Å². The monoisotopic (exact) mass is 326 g/mol. The summed E-state index contributed by atoms with van der Waals surface area (Å²) in [6.07, 6.45) is 0. The molecule has 0 atom stereocenters. The van der Waals surface area contributed by atoms with E-state index in [0.717, 1.165) is 5.56 Å². The van der Waals surface area contributed by atoms with Crippen molar-refractivity contribution in [2.45, 2.75) is 33.3 Å². The first-order valence-corrected chi connectivity index (χ1v) is 7.92. The van der Waals surface area contributed by atoms with Crippen LogP contribution in [0.1, 0.15) is 42.3 Å². The van der Waals surface area contributed by atoms with Crippen molar-refractivity contribution in [3.05, 3.63) is 65.2 Å². The lowest BCUT2D eigenvalue weighted by molar-refractivity contribution is -0.158. The van der Waals surface area contributed by atoms with E-state index in [9.17, 15) is 9.59 Å². The molecule has 0 radical (unpaired) electrons. The molecule has 0 heterocycles. The Hall–Kier alpha value is -2.62. The third-order valence-electron chi connectivity index (χ3n) is 3.58. The van der Waals surface area contributed by atoms with Crippen molar-refractivity contribution in [2.24, 2.45) is 0 Å². The number of ketones is 1. The second kappa shape index (κ2) is 7.30. The first kappa shape index (κ1) is 17.7. The van der Waals surface area contributed by atoms with Crippen LogP contribution in [0.25, 0.3) is 0 Å². The fraction of sp³-hybridized carbons (Fsp3) is 0.300. The standard InChI is InChI=1S/C20H22O4/c1-5-23-19(22)20(3,4)24-17-9-7-6-8-16(17)18(21)15-12-10-14(2)11-13-15/h6-13H,5H2,1-4H3. The Morgan fingerprint density at radius 2 is 1.62 bits per heavy atom. The highest BCUT2D eigenvalue weighted by atomic mass is 16.6. The zero-order valence-electron chi connectivity index (χ0n) is 14.5. The first-order valence-electron chi connectivity index (χ1n) is 7.92. The quantitative estimate of drug-likeness (QED) is 0.596. The van der Waals surface area contributed by atoms with E-state index in [1.165, 1.54) is 0 Å². The number of ether oxygens (including phenoxy) is 2. The third-order valence-corrected chi connectivity index (χ3v) is 3.58. The summed E-state index contributed by atoms with van der Waals surface area (Å²) in [5.74, 6) is -0.256. The minimum atomic E-state index is -1.18. The maximum atomic E-state index is 12.8. The molecule has 0 aliphatic heterocycles. The maximum absolute atomic E-state index is 12.8. The Labute approximate surface area is 142 Å². The van der Waals surface area contributed by atoms with Gasteiger partial charge in [-0.05, 0) is 39.8 Å². The van der Waals surface area contributed by atoms with Crippen LogP contribution in [0.2, 0.25) is 0 Å². The van der Waals surface area contributed by atoms with Crippen molar-refractivity contribution in [1.82, 2.24) is 0 Å². The van der Waals surface area contributed by atoms with Gasteiger partial charge in [0, 0.05) is 5.56 Å². The number of benzene rings is 2. The Bertz CT molecular complexity index is 730. The highest BCUT2D eigenvalue weighted by Gasteiger charge is 2.32. The van der Waals surface area contributed by atoms with Crippen LogP contribution in [-0.4, -0.2) is 24.0 Å². The summed E-state index contributed by atoms with van der Waals surface area (Å²) < 4.78 is 10.8. The maximum Gasteiger partial charge on any atom is 0.349 e. The third kappa shape index (κ3) is 4.02. The molecular formula is C20H22O4. The summed E-state index contributed by atoms with van der Waals surface area (Å²) in [6.45, 7) is 7.22. The van der Waals surface area contributed by atoms with Crippen LogP contribution in [0.5, 0.6) is 5.75 Å². The van der Waals surface area contributed by atoms with Gasteiger partial charge in [0.15, 0.2) is 11.4 Å². The summed E-state index contributed by atoms with van der Waals surface area (Å²) in [5, 5.41) is 0. The molecule has 0 N–H and O–H groups in total. The van der Waals surface area contributed by atoms with Gasteiger partial charge in [-0.2, -0.15) is 0 Å². The summed E-state index contributed by atoms with van der Waals surface area (Å²) in [5.41, 5.74) is 0.892. The Morgan fingerprint density at radius 3 is 2.25 bits per heavy atom. The van der Waals surface area contributed by atoms with Gasteiger partial charge in [0.25, 0.3) is 0 Å². The van der Waals surface area contributed by atoms with E-state index in [1.54, 1.807) is 57.2 Å². The van der Waals surface area contributed by atoms with Gasteiger partial charge in [0.2, 0.25) is 0 Å². The Kier molecular flexibility index (Phi) is 5.39. The van der Waals surface area contributed by atoms with Crippen molar-refractivity contribution >= 4 is 11.8 Å². The predicted octanol–water partition coefficient (Wildman–Crippen LogP) is 3.95. The van der Waals surface area contributed by atoms with E-state index < -0.39 is 11.6 Å². The second-order valence-corrected chi connectivity index (χ2v) is 6.02. The molecule has 0 aromatic heterocycles. The fourth-order valence-corrected chi connectivity index (χ4v) is 2.23. The molecule has 126 valence electrons. The van der Waals surface area contributed by atoms with Crippen LogP contribution < -0.4 is 4.74 Å². The lowest BCUT2D eigenvalue weighted by Crippen LogP contribution is -2.40. The topological polar surface area (TPSA) is 52.6 Å². The van der Waals surface area contributed by atoms with Gasteiger partial charge in [0.1, 0.15) is 5.75 Å². The van der Waals surface area contributed by atoms with E-state index in [-0.39, 0.29) is 12.4 Å². The summed E-state index contributed by atoms with van der Waals surface area (Å²) in [7, 11) is 0. The van der Waals surface area contributed by atoms with Gasteiger partial charge in [-0.3, -0.25) is 4.79 Å². The molecule has 4 heteroatoms.